The van der Waals surface area contributed by atoms with E-state index in [1.807, 2.05) is 0 Å². The van der Waals surface area contributed by atoms with Crippen LogP contribution in [0.4, 0.5) is 5.13 Å². The Bertz CT molecular complexity index is 1020. The number of rotatable bonds is 6. The Morgan fingerprint density at radius 3 is 2.64 bits per heavy atom. The lowest BCUT2D eigenvalue weighted by molar-refractivity contribution is -0.120. The zero-order valence-corrected chi connectivity index (χ0v) is 15.9. The van der Waals surface area contributed by atoms with Crippen molar-refractivity contribution < 1.29 is 14.7 Å². The Labute approximate surface area is 168 Å². The molecule has 3 rings (SSSR count). The first-order chi connectivity index (χ1) is 13.5. The van der Waals surface area contributed by atoms with E-state index >= 15 is 0 Å². The highest BCUT2D eigenvalue weighted by molar-refractivity contribution is 7.15. The summed E-state index contributed by atoms with van der Waals surface area (Å²) in [4.78, 5) is 24.1. The van der Waals surface area contributed by atoms with Gasteiger partial charge in [0.2, 0.25) is 11.0 Å². The van der Waals surface area contributed by atoms with Crippen LogP contribution in [0.3, 0.4) is 0 Å². The maximum absolute atomic E-state index is 12.1. The molecule has 0 aliphatic heterocycles. The number of hydrogen-bond donors (Lipinski definition) is 3. The van der Waals surface area contributed by atoms with Gasteiger partial charge in [-0.2, -0.15) is 5.10 Å². The average Bonchev–Trinajstić information content (AvgIpc) is 3.10. The van der Waals surface area contributed by atoms with Gasteiger partial charge in [0, 0.05) is 16.1 Å². The second kappa shape index (κ2) is 9.07. The van der Waals surface area contributed by atoms with Crippen molar-refractivity contribution in [2.45, 2.75) is 6.42 Å². The summed E-state index contributed by atoms with van der Waals surface area (Å²) in [5.74, 6) is -0.694. The lowest BCUT2D eigenvalue weighted by Crippen LogP contribution is -2.19. The fourth-order valence-corrected chi connectivity index (χ4v) is 2.95. The third-order valence-corrected chi connectivity index (χ3v) is 4.53. The van der Waals surface area contributed by atoms with Gasteiger partial charge in [-0.05, 0) is 36.4 Å². The summed E-state index contributed by atoms with van der Waals surface area (Å²) in [7, 11) is 0. The predicted octanol–water partition coefficient (Wildman–Crippen LogP) is 2.84. The van der Waals surface area contributed by atoms with Gasteiger partial charge in [0.15, 0.2) is 0 Å². The molecule has 0 saturated heterocycles. The molecule has 2 amide bonds. The number of nitrogens with zero attached hydrogens (tertiary/aromatic N) is 3. The second-order valence-electron chi connectivity index (χ2n) is 5.49. The van der Waals surface area contributed by atoms with Crippen LogP contribution in [0.15, 0.2) is 53.6 Å². The molecule has 1 aromatic heterocycles. The monoisotopic (exact) mass is 415 g/mol. The maximum Gasteiger partial charge on any atom is 0.257 e. The Morgan fingerprint density at radius 2 is 1.89 bits per heavy atom. The number of aromatic hydroxyl groups is 1. The van der Waals surface area contributed by atoms with Gasteiger partial charge in [0.25, 0.3) is 5.91 Å². The molecule has 1 heterocycles. The average molecular weight is 416 g/mol. The highest BCUT2D eigenvalue weighted by atomic mass is 35.5. The van der Waals surface area contributed by atoms with Crippen LogP contribution in [0.1, 0.15) is 20.9 Å². The van der Waals surface area contributed by atoms with Crippen molar-refractivity contribution in [2.24, 2.45) is 5.10 Å². The number of phenolic OH excluding ortho intramolecular Hbond substituents is 1. The van der Waals surface area contributed by atoms with E-state index in [0.717, 1.165) is 11.3 Å². The minimum Gasteiger partial charge on any atom is -0.507 e. The molecule has 142 valence electrons. The number of anilines is 1. The number of benzene rings is 2. The first-order valence-corrected chi connectivity index (χ1v) is 9.20. The van der Waals surface area contributed by atoms with Gasteiger partial charge in [-0.15, -0.1) is 10.2 Å². The molecule has 0 aliphatic carbocycles. The number of hydrogen-bond acceptors (Lipinski definition) is 7. The van der Waals surface area contributed by atoms with Crippen LogP contribution in [0, 0.1) is 0 Å². The van der Waals surface area contributed by atoms with Gasteiger partial charge >= 0.3 is 0 Å². The zero-order valence-electron chi connectivity index (χ0n) is 14.3. The molecule has 2 aromatic carbocycles. The number of nitrogens with one attached hydrogen (secondary N) is 2. The summed E-state index contributed by atoms with van der Waals surface area (Å²) in [5.41, 5.74) is 3.25. The first-order valence-electron chi connectivity index (χ1n) is 8.00. The normalized spacial score (nSPS) is 10.8. The lowest BCUT2D eigenvalue weighted by Gasteiger charge is -2.00. The summed E-state index contributed by atoms with van der Waals surface area (Å²) in [6.45, 7) is 0. The first kappa shape index (κ1) is 19.5. The molecule has 0 spiro atoms. The highest BCUT2D eigenvalue weighted by Crippen LogP contribution is 2.17. The van der Waals surface area contributed by atoms with Gasteiger partial charge in [-0.1, -0.05) is 35.1 Å². The molecule has 10 heteroatoms. The van der Waals surface area contributed by atoms with Crippen LogP contribution in [-0.2, 0) is 11.2 Å². The molecule has 0 radical (unpaired) electrons. The number of amides is 2. The summed E-state index contributed by atoms with van der Waals surface area (Å²) >= 11 is 6.88. The van der Waals surface area contributed by atoms with E-state index in [9.17, 15) is 14.7 Å². The molecule has 0 aliphatic rings. The van der Waals surface area contributed by atoms with E-state index < -0.39 is 5.91 Å². The largest absolute Gasteiger partial charge is 0.507 e. The molecule has 0 atom stereocenters. The quantitative estimate of drug-likeness (QED) is 0.422. The lowest BCUT2D eigenvalue weighted by atomic mass is 10.2. The second-order valence-corrected chi connectivity index (χ2v) is 6.99. The van der Waals surface area contributed by atoms with Crippen molar-refractivity contribution in [1.82, 2.24) is 15.6 Å². The van der Waals surface area contributed by atoms with Crippen LogP contribution < -0.4 is 10.7 Å². The number of halogens is 1. The summed E-state index contributed by atoms with van der Waals surface area (Å²) in [5, 5.41) is 25.0. The van der Waals surface area contributed by atoms with Crippen molar-refractivity contribution in [3.8, 4) is 5.75 Å². The standard InChI is InChI=1S/C18H14ClN5O3S/c19-13-7-5-11(6-8-13)17(27)21-18-24-23-16(28-18)9-15(26)22-20-10-12-3-1-2-4-14(12)25/h1-8,10,25H,9H2,(H,22,26)(H,21,24,27)/b20-10-. The van der Waals surface area contributed by atoms with E-state index in [1.54, 1.807) is 42.5 Å². The van der Waals surface area contributed by atoms with Gasteiger partial charge in [-0.25, -0.2) is 5.43 Å². The molecule has 0 bridgehead atoms. The third kappa shape index (κ3) is 5.35. The number of phenols is 1. The van der Waals surface area contributed by atoms with Crippen LogP contribution in [-0.4, -0.2) is 33.3 Å². The van der Waals surface area contributed by atoms with E-state index in [0.29, 0.717) is 21.2 Å². The van der Waals surface area contributed by atoms with Crippen LogP contribution in [0.2, 0.25) is 5.02 Å². The Kier molecular flexibility index (Phi) is 6.30. The van der Waals surface area contributed by atoms with E-state index in [2.05, 4.69) is 26.0 Å². The minimum atomic E-state index is -0.404. The molecule has 3 N–H and O–H groups in total. The number of aromatic nitrogens is 2. The summed E-state index contributed by atoms with van der Waals surface area (Å²) in [6.07, 6.45) is 1.29. The molecular formula is C18H14ClN5O3S. The Balaban J connectivity index is 1.52. The molecule has 3 aromatic rings. The van der Waals surface area contributed by atoms with Crippen molar-refractivity contribution in [3.63, 3.8) is 0 Å². The fourth-order valence-electron chi connectivity index (χ4n) is 2.09. The number of carbonyl (C=O) groups is 2. The predicted molar refractivity (Wildman–Crippen MR) is 107 cm³/mol. The molecule has 0 saturated carbocycles. The van der Waals surface area contributed by atoms with Crippen LogP contribution in [0.25, 0.3) is 0 Å². The Morgan fingerprint density at radius 1 is 1.14 bits per heavy atom. The maximum atomic E-state index is 12.1. The van der Waals surface area contributed by atoms with Crippen molar-refractivity contribution in [1.29, 1.82) is 0 Å². The molecule has 28 heavy (non-hydrogen) atoms. The van der Waals surface area contributed by atoms with Crippen LogP contribution >= 0.6 is 22.9 Å². The minimum absolute atomic E-state index is 0.0490. The van der Waals surface area contributed by atoms with Gasteiger partial charge in [0.1, 0.15) is 10.8 Å². The summed E-state index contributed by atoms with van der Waals surface area (Å²) < 4.78 is 0. The molecular weight excluding hydrogens is 402 g/mol. The van der Waals surface area contributed by atoms with Gasteiger partial charge in [0.05, 0.1) is 12.6 Å². The highest BCUT2D eigenvalue weighted by Gasteiger charge is 2.12. The van der Waals surface area contributed by atoms with Crippen LogP contribution in [0.5, 0.6) is 5.75 Å². The topological polar surface area (TPSA) is 117 Å². The zero-order chi connectivity index (χ0) is 19.9. The van der Waals surface area contributed by atoms with Crippen molar-refractivity contribution >= 4 is 46.1 Å². The Hall–Kier alpha value is -3.30. The van der Waals surface area contributed by atoms with E-state index in [-0.39, 0.29) is 23.2 Å². The molecule has 0 unspecified atom stereocenters. The number of carbonyl (C=O) groups excluding carboxylic acids is 2. The number of hydrazone groups is 1. The molecule has 0 fully saturated rings. The molecule has 8 nitrogen and oxygen atoms in total. The SMILES string of the molecule is O=C(Cc1nnc(NC(=O)c2ccc(Cl)cc2)s1)N/N=C\c1ccccc1O. The van der Waals surface area contributed by atoms with Crippen molar-refractivity contribution in [3.05, 3.63) is 69.7 Å². The van der Waals surface area contributed by atoms with E-state index in [1.165, 1.54) is 12.3 Å². The van der Waals surface area contributed by atoms with Gasteiger partial charge in [-0.3, -0.25) is 14.9 Å². The smallest absolute Gasteiger partial charge is 0.257 e. The van der Waals surface area contributed by atoms with Crippen molar-refractivity contribution in [2.75, 3.05) is 5.32 Å². The third-order valence-electron chi connectivity index (χ3n) is 3.44. The van der Waals surface area contributed by atoms with E-state index in [4.69, 9.17) is 11.6 Å². The summed E-state index contributed by atoms with van der Waals surface area (Å²) in [6, 6.07) is 13.0. The fraction of sp³-hybridized carbons (Fsp3) is 0.0556. The number of para-hydroxylation sites is 1. The van der Waals surface area contributed by atoms with Gasteiger partial charge < -0.3 is 5.11 Å².